The number of thiophene rings is 1. The third kappa shape index (κ3) is 2.64. The molecule has 2 aromatic rings. The van der Waals surface area contributed by atoms with E-state index in [2.05, 4.69) is 30.9 Å². The maximum absolute atomic E-state index is 5.99. The number of nitrogens with two attached hydrogens (primary N) is 1. The predicted octanol–water partition coefficient (Wildman–Crippen LogP) is 3.42. The van der Waals surface area contributed by atoms with Crippen molar-refractivity contribution in [2.24, 2.45) is 5.41 Å². The zero-order valence-electron chi connectivity index (χ0n) is 11.9. The largest absolute Gasteiger partial charge is 0.397 e. The van der Waals surface area contributed by atoms with Crippen LogP contribution < -0.4 is 5.73 Å². The molecular weight excluding hydrogens is 262 g/mol. The van der Waals surface area contributed by atoms with Gasteiger partial charge in [0.1, 0.15) is 11.0 Å². The Bertz CT molecular complexity index is 569. The van der Waals surface area contributed by atoms with Crippen molar-refractivity contribution < 1.29 is 9.26 Å². The molecule has 0 saturated carbocycles. The van der Waals surface area contributed by atoms with E-state index in [0.29, 0.717) is 17.4 Å². The first-order valence-electron chi connectivity index (χ1n) is 6.05. The van der Waals surface area contributed by atoms with Crippen molar-refractivity contribution in [2.45, 2.75) is 33.8 Å². The second kappa shape index (κ2) is 4.94. The summed E-state index contributed by atoms with van der Waals surface area (Å²) in [7, 11) is 1.65. The van der Waals surface area contributed by atoms with Gasteiger partial charge in [0.15, 0.2) is 0 Å². The fourth-order valence-corrected chi connectivity index (χ4v) is 2.79. The van der Waals surface area contributed by atoms with Gasteiger partial charge >= 0.3 is 0 Å². The van der Waals surface area contributed by atoms with Crippen LogP contribution >= 0.6 is 11.3 Å². The predicted molar refractivity (Wildman–Crippen MR) is 76.0 cm³/mol. The summed E-state index contributed by atoms with van der Waals surface area (Å²) in [6.07, 6.45) is -0.215. The van der Waals surface area contributed by atoms with E-state index < -0.39 is 0 Å². The minimum absolute atomic E-state index is 0.104. The van der Waals surface area contributed by atoms with Crippen molar-refractivity contribution in [2.75, 3.05) is 12.8 Å². The molecule has 1 atom stereocenters. The molecule has 5 nitrogen and oxygen atoms in total. The van der Waals surface area contributed by atoms with Crippen LogP contribution in [-0.2, 0) is 4.74 Å². The minimum Gasteiger partial charge on any atom is -0.397 e. The third-order valence-electron chi connectivity index (χ3n) is 2.92. The Balaban J connectivity index is 2.36. The molecule has 104 valence electrons. The number of anilines is 1. The van der Waals surface area contributed by atoms with Gasteiger partial charge in [-0.2, -0.15) is 4.98 Å². The maximum Gasteiger partial charge on any atom is 0.270 e. The molecule has 0 aliphatic rings. The Kier molecular flexibility index (Phi) is 3.64. The molecule has 0 fully saturated rings. The van der Waals surface area contributed by atoms with E-state index in [1.807, 2.05) is 12.3 Å². The number of nitrogen functional groups attached to an aromatic ring is 1. The van der Waals surface area contributed by atoms with E-state index in [9.17, 15) is 0 Å². The van der Waals surface area contributed by atoms with Crippen LogP contribution in [0.25, 0.3) is 10.8 Å². The summed E-state index contributed by atoms with van der Waals surface area (Å²) in [5.41, 5.74) is 7.61. The lowest BCUT2D eigenvalue weighted by molar-refractivity contribution is 0.00718. The van der Waals surface area contributed by atoms with Crippen LogP contribution in [-0.4, -0.2) is 17.3 Å². The molecule has 0 spiro atoms. The second-order valence-electron chi connectivity index (χ2n) is 5.60. The van der Waals surface area contributed by atoms with Crippen LogP contribution in [0, 0.1) is 12.3 Å². The zero-order chi connectivity index (χ0) is 14.2. The fourth-order valence-electron chi connectivity index (χ4n) is 1.90. The summed E-state index contributed by atoms with van der Waals surface area (Å²) in [6.45, 7) is 8.17. The molecule has 0 amide bonds. The number of ether oxygens (including phenoxy) is 1. The average molecular weight is 281 g/mol. The standard InChI is InChI=1S/C13H19N3O2S/c1-7-6-19-9(8(7)14)12-15-11(16-18-12)10(17-5)13(2,3)4/h6,10H,14H2,1-5H3. The lowest BCUT2D eigenvalue weighted by Gasteiger charge is -2.26. The number of hydrogen-bond donors (Lipinski definition) is 1. The normalized spacial score (nSPS) is 13.7. The monoisotopic (exact) mass is 281 g/mol. The summed E-state index contributed by atoms with van der Waals surface area (Å²) in [4.78, 5) is 5.24. The Hall–Kier alpha value is -1.40. The molecule has 0 aliphatic heterocycles. The maximum atomic E-state index is 5.99. The van der Waals surface area contributed by atoms with E-state index >= 15 is 0 Å². The van der Waals surface area contributed by atoms with Gasteiger partial charge in [-0.3, -0.25) is 0 Å². The molecule has 2 N–H and O–H groups in total. The van der Waals surface area contributed by atoms with Gasteiger partial charge in [-0.05, 0) is 23.3 Å². The minimum atomic E-state index is -0.215. The lowest BCUT2D eigenvalue weighted by atomic mass is 9.88. The Morgan fingerprint density at radius 1 is 1.42 bits per heavy atom. The molecule has 2 rings (SSSR count). The van der Waals surface area contributed by atoms with Crippen LogP contribution in [0.15, 0.2) is 9.90 Å². The van der Waals surface area contributed by atoms with E-state index in [0.717, 1.165) is 10.4 Å². The SMILES string of the molecule is COC(c1noc(-c2scc(C)c2N)n1)C(C)(C)C. The Morgan fingerprint density at radius 2 is 2.11 bits per heavy atom. The number of rotatable bonds is 3. The highest BCUT2D eigenvalue weighted by atomic mass is 32.1. The summed E-state index contributed by atoms with van der Waals surface area (Å²) in [6, 6.07) is 0. The quantitative estimate of drug-likeness (QED) is 0.933. The topological polar surface area (TPSA) is 74.2 Å². The number of aryl methyl sites for hydroxylation is 1. The van der Waals surface area contributed by atoms with Crippen molar-refractivity contribution in [3.05, 3.63) is 16.8 Å². The van der Waals surface area contributed by atoms with Gasteiger partial charge < -0.3 is 15.0 Å². The summed E-state index contributed by atoms with van der Waals surface area (Å²) >= 11 is 1.51. The van der Waals surface area contributed by atoms with Gasteiger partial charge in [-0.15, -0.1) is 11.3 Å². The Labute approximate surface area is 116 Å². The van der Waals surface area contributed by atoms with Gasteiger partial charge in [-0.25, -0.2) is 0 Å². The highest BCUT2D eigenvalue weighted by Crippen LogP contribution is 2.37. The molecule has 0 aromatic carbocycles. The van der Waals surface area contributed by atoms with Gasteiger partial charge in [0, 0.05) is 7.11 Å². The summed E-state index contributed by atoms with van der Waals surface area (Å²) < 4.78 is 10.8. The van der Waals surface area contributed by atoms with Gasteiger partial charge in [0.25, 0.3) is 5.89 Å². The van der Waals surface area contributed by atoms with Crippen LogP contribution in [0.5, 0.6) is 0 Å². The van der Waals surface area contributed by atoms with E-state index in [4.69, 9.17) is 15.0 Å². The first-order chi connectivity index (χ1) is 8.84. The van der Waals surface area contributed by atoms with Gasteiger partial charge in [0.05, 0.1) is 5.69 Å². The van der Waals surface area contributed by atoms with Crippen molar-refractivity contribution >= 4 is 17.0 Å². The van der Waals surface area contributed by atoms with Crippen molar-refractivity contribution in [3.8, 4) is 10.8 Å². The Morgan fingerprint density at radius 3 is 2.58 bits per heavy atom. The van der Waals surface area contributed by atoms with Crippen LogP contribution in [0.3, 0.4) is 0 Å². The highest BCUT2D eigenvalue weighted by molar-refractivity contribution is 7.14. The van der Waals surface area contributed by atoms with E-state index in [1.54, 1.807) is 7.11 Å². The van der Waals surface area contributed by atoms with Crippen molar-refractivity contribution in [3.63, 3.8) is 0 Å². The van der Waals surface area contributed by atoms with Gasteiger partial charge in [-0.1, -0.05) is 25.9 Å². The molecule has 2 aromatic heterocycles. The first kappa shape index (κ1) is 14.0. The molecule has 0 bridgehead atoms. The molecule has 6 heteroatoms. The number of methoxy groups -OCH3 is 1. The highest BCUT2D eigenvalue weighted by Gasteiger charge is 2.31. The molecule has 2 heterocycles. The van der Waals surface area contributed by atoms with E-state index in [1.165, 1.54) is 11.3 Å². The molecule has 19 heavy (non-hydrogen) atoms. The molecule has 0 radical (unpaired) electrons. The number of nitrogens with zero attached hydrogens (tertiary/aromatic N) is 2. The summed E-state index contributed by atoms with van der Waals surface area (Å²) in [5, 5.41) is 6.00. The molecule has 1 unspecified atom stereocenters. The molecule has 0 saturated heterocycles. The number of hydrogen-bond acceptors (Lipinski definition) is 6. The van der Waals surface area contributed by atoms with E-state index in [-0.39, 0.29) is 11.5 Å². The molecular formula is C13H19N3O2S. The van der Waals surface area contributed by atoms with Crippen molar-refractivity contribution in [1.82, 2.24) is 10.1 Å². The summed E-state index contributed by atoms with van der Waals surface area (Å²) in [5.74, 6) is 1.01. The second-order valence-corrected chi connectivity index (χ2v) is 6.48. The zero-order valence-corrected chi connectivity index (χ0v) is 12.7. The average Bonchev–Trinajstić information content (AvgIpc) is 2.87. The third-order valence-corrected chi connectivity index (χ3v) is 4.02. The van der Waals surface area contributed by atoms with Crippen LogP contribution in [0.1, 0.15) is 38.3 Å². The lowest BCUT2D eigenvalue weighted by Crippen LogP contribution is -2.21. The fraction of sp³-hybridized carbons (Fsp3) is 0.538. The van der Waals surface area contributed by atoms with Crippen LogP contribution in [0.4, 0.5) is 5.69 Å². The number of aromatic nitrogens is 2. The first-order valence-corrected chi connectivity index (χ1v) is 6.93. The molecule has 0 aliphatic carbocycles. The van der Waals surface area contributed by atoms with Crippen molar-refractivity contribution in [1.29, 1.82) is 0 Å². The van der Waals surface area contributed by atoms with Crippen LogP contribution in [0.2, 0.25) is 0 Å². The van der Waals surface area contributed by atoms with Gasteiger partial charge in [0.2, 0.25) is 5.82 Å². The smallest absolute Gasteiger partial charge is 0.270 e.